The van der Waals surface area contributed by atoms with Crippen LogP contribution in [0.5, 0.6) is 0 Å². The monoisotopic (exact) mass is 116 g/mol. The second kappa shape index (κ2) is 3.07. The Morgan fingerprint density at radius 1 is 1.43 bits per heavy atom. The maximum Gasteiger partial charge on any atom is 0.0290 e. The van der Waals surface area contributed by atoms with Gasteiger partial charge in [-0.3, -0.25) is 0 Å². The summed E-state index contributed by atoms with van der Waals surface area (Å²) in [4.78, 5) is 2.95. The molecule has 0 amide bonds. The number of hydrogen-bond acceptors (Lipinski definition) is 3. The highest BCUT2D eigenvalue weighted by molar-refractivity contribution is 7.97. The molecule has 0 saturated carbocycles. The summed E-state index contributed by atoms with van der Waals surface area (Å²) in [5.41, 5.74) is 2.97. The van der Waals surface area contributed by atoms with Gasteiger partial charge < -0.3 is 0 Å². The average molecular weight is 116 g/mol. The summed E-state index contributed by atoms with van der Waals surface area (Å²) >= 11 is 1.67. The number of rotatable bonds is 0. The second-order valence-corrected chi connectivity index (χ2v) is 2.09. The first kappa shape index (κ1) is 5.15. The number of nitrogens with one attached hydrogen (secondary N) is 2. The van der Waals surface area contributed by atoms with Crippen molar-refractivity contribution < 1.29 is 0 Å². The quantitative estimate of drug-likeness (QED) is 0.351. The van der Waals surface area contributed by atoms with Gasteiger partial charge in [-0.2, -0.15) is 0 Å². The fraction of sp³-hybridized carbons (Fsp3) is 0.500. The highest BCUT2D eigenvalue weighted by Gasteiger charge is 1.85. The third-order valence-electron chi connectivity index (χ3n) is 0.710. The van der Waals surface area contributed by atoms with Gasteiger partial charge in [-0.05, 0) is 0 Å². The van der Waals surface area contributed by atoms with Gasteiger partial charge >= 0.3 is 0 Å². The summed E-state index contributed by atoms with van der Waals surface area (Å²) in [5, 5.41) is 0. The van der Waals surface area contributed by atoms with Crippen molar-refractivity contribution >= 4 is 11.9 Å². The predicted octanol–water partition coefficient (Wildman–Crippen LogP) is 0.299. The van der Waals surface area contributed by atoms with Crippen molar-refractivity contribution in [3.8, 4) is 0 Å². The lowest BCUT2D eigenvalue weighted by molar-refractivity contribution is 0.760. The van der Waals surface area contributed by atoms with Crippen LogP contribution < -0.4 is 10.3 Å². The molecule has 0 aromatic rings. The van der Waals surface area contributed by atoms with Crippen LogP contribution in [0.3, 0.4) is 0 Å². The van der Waals surface area contributed by atoms with Gasteiger partial charge in [0.25, 0.3) is 0 Å². The molecule has 0 aromatic heterocycles. The van der Waals surface area contributed by atoms with E-state index >= 15 is 0 Å². The van der Waals surface area contributed by atoms with E-state index in [1.54, 1.807) is 11.9 Å². The second-order valence-electron chi connectivity index (χ2n) is 1.27. The first-order valence-corrected chi connectivity index (χ1v) is 3.23. The lowest BCUT2D eigenvalue weighted by atomic mass is 10.5. The Morgan fingerprint density at radius 3 is 3.43 bits per heavy atom. The molecule has 0 saturated heterocycles. The molecule has 40 valence electrons. The minimum absolute atomic E-state index is 0.938. The molecule has 0 spiro atoms. The Hall–Kier alpha value is 0.01000. The zero-order chi connectivity index (χ0) is 4.95. The van der Waals surface area contributed by atoms with Crippen molar-refractivity contribution in [1.82, 2.24) is 10.3 Å². The first-order chi connectivity index (χ1) is 3.50. The molecule has 0 fully saturated rings. The summed E-state index contributed by atoms with van der Waals surface area (Å²) in [6.07, 6.45) is 4.24. The van der Waals surface area contributed by atoms with Crippen molar-refractivity contribution in [3.05, 3.63) is 12.2 Å². The smallest absolute Gasteiger partial charge is 0.0290 e. The van der Waals surface area contributed by atoms with E-state index in [0.717, 1.165) is 12.3 Å². The average Bonchev–Trinajstić information content (AvgIpc) is 1.90. The lowest BCUT2D eigenvalue weighted by Gasteiger charge is -1.94. The summed E-state index contributed by atoms with van der Waals surface area (Å²) in [6, 6.07) is 0. The van der Waals surface area contributed by atoms with Gasteiger partial charge in [0.2, 0.25) is 0 Å². The zero-order valence-corrected chi connectivity index (χ0v) is 4.79. The fourth-order valence-corrected chi connectivity index (χ4v) is 0.894. The van der Waals surface area contributed by atoms with E-state index in [9.17, 15) is 0 Å². The highest BCUT2D eigenvalue weighted by atomic mass is 32.2. The van der Waals surface area contributed by atoms with Crippen LogP contribution in [0.25, 0.3) is 0 Å². The number of hydrogen-bond donors (Lipinski definition) is 2. The van der Waals surface area contributed by atoms with Gasteiger partial charge in [0.15, 0.2) is 0 Å². The van der Waals surface area contributed by atoms with Crippen molar-refractivity contribution in [2.75, 3.05) is 12.3 Å². The van der Waals surface area contributed by atoms with Crippen LogP contribution in [0.4, 0.5) is 0 Å². The summed E-state index contributed by atoms with van der Waals surface area (Å²) in [6.45, 7) is 0.938. The molecule has 0 atom stereocenters. The lowest BCUT2D eigenvalue weighted by Crippen LogP contribution is -2.23. The molecular weight excluding hydrogens is 108 g/mol. The van der Waals surface area contributed by atoms with Crippen molar-refractivity contribution in [2.24, 2.45) is 0 Å². The van der Waals surface area contributed by atoms with Crippen molar-refractivity contribution in [1.29, 1.82) is 0 Å². The van der Waals surface area contributed by atoms with E-state index in [1.165, 1.54) is 0 Å². The van der Waals surface area contributed by atoms with Crippen molar-refractivity contribution in [3.63, 3.8) is 0 Å². The van der Waals surface area contributed by atoms with E-state index in [0.29, 0.717) is 0 Å². The van der Waals surface area contributed by atoms with Gasteiger partial charge in [0.05, 0.1) is 0 Å². The topological polar surface area (TPSA) is 24.1 Å². The van der Waals surface area contributed by atoms with E-state index in [-0.39, 0.29) is 0 Å². The Bertz CT molecular complexity index is 64.1. The zero-order valence-electron chi connectivity index (χ0n) is 3.98. The molecular formula is C4H8N2S. The molecule has 0 unspecified atom stereocenters. The highest BCUT2D eigenvalue weighted by Crippen LogP contribution is 1.92. The minimum atomic E-state index is 0.938. The summed E-state index contributed by atoms with van der Waals surface area (Å²) in [7, 11) is 0. The van der Waals surface area contributed by atoms with Gasteiger partial charge in [-0.15, -0.1) is 0 Å². The molecule has 0 aliphatic carbocycles. The first-order valence-electron chi connectivity index (χ1n) is 2.25. The molecule has 2 nitrogen and oxygen atoms in total. The Labute approximate surface area is 47.5 Å². The molecule has 1 rings (SSSR count). The molecule has 0 bridgehead atoms. The third-order valence-corrected chi connectivity index (χ3v) is 1.36. The number of hydrazine groups is 1. The molecule has 1 aliphatic rings. The molecule has 0 radical (unpaired) electrons. The molecule has 1 heterocycles. The van der Waals surface area contributed by atoms with Gasteiger partial charge in [0.1, 0.15) is 0 Å². The molecule has 1 aliphatic heterocycles. The van der Waals surface area contributed by atoms with E-state index in [2.05, 4.69) is 22.4 Å². The molecule has 3 heteroatoms. The van der Waals surface area contributed by atoms with E-state index in [4.69, 9.17) is 0 Å². The van der Waals surface area contributed by atoms with E-state index < -0.39 is 0 Å². The standard InChI is InChI=1S/C4H8N2S/c1-2-4-7-6-5-3-1/h1-2,5-6H,3-4H2. The van der Waals surface area contributed by atoms with E-state index in [1.807, 2.05) is 0 Å². The summed E-state index contributed by atoms with van der Waals surface area (Å²) in [5.74, 6) is 1.06. The normalized spacial score (nSPS) is 21.7. The van der Waals surface area contributed by atoms with Gasteiger partial charge in [0, 0.05) is 12.3 Å². The molecule has 7 heavy (non-hydrogen) atoms. The Kier molecular flexibility index (Phi) is 2.26. The summed E-state index contributed by atoms with van der Waals surface area (Å²) < 4.78 is 0. The maximum absolute atomic E-state index is 2.97. The molecule has 0 aromatic carbocycles. The van der Waals surface area contributed by atoms with Crippen LogP contribution in [-0.2, 0) is 0 Å². The largest absolute Gasteiger partial charge is 0.244 e. The van der Waals surface area contributed by atoms with Gasteiger partial charge in [-0.1, -0.05) is 24.1 Å². The third kappa shape index (κ3) is 1.97. The van der Waals surface area contributed by atoms with Crippen LogP contribution in [0.15, 0.2) is 12.2 Å². The SMILES string of the molecule is C1=CCSNNC1. The maximum atomic E-state index is 2.97. The van der Waals surface area contributed by atoms with Gasteiger partial charge in [-0.25, -0.2) is 10.3 Å². The molecule has 2 N–H and O–H groups in total. The van der Waals surface area contributed by atoms with Crippen LogP contribution in [0.1, 0.15) is 0 Å². The predicted molar refractivity (Wildman–Crippen MR) is 32.7 cm³/mol. The van der Waals surface area contributed by atoms with Crippen LogP contribution in [0, 0.1) is 0 Å². The Balaban J connectivity index is 2.20. The fourth-order valence-electron chi connectivity index (χ4n) is 0.393. The van der Waals surface area contributed by atoms with Crippen LogP contribution in [-0.4, -0.2) is 12.3 Å². The minimum Gasteiger partial charge on any atom is -0.244 e. The van der Waals surface area contributed by atoms with Crippen molar-refractivity contribution in [2.45, 2.75) is 0 Å². The van der Waals surface area contributed by atoms with Crippen LogP contribution in [0.2, 0.25) is 0 Å². The Morgan fingerprint density at radius 2 is 2.43 bits per heavy atom. The van der Waals surface area contributed by atoms with Crippen LogP contribution >= 0.6 is 11.9 Å².